The van der Waals surface area contributed by atoms with E-state index in [1.165, 1.54) is 176 Å². The van der Waals surface area contributed by atoms with Gasteiger partial charge < -0.3 is 0 Å². The van der Waals surface area contributed by atoms with Gasteiger partial charge in [0.1, 0.15) is 0 Å². The Hall–Kier alpha value is -8.58. The van der Waals surface area contributed by atoms with Crippen LogP contribution in [-0.4, -0.2) is 0 Å². The van der Waals surface area contributed by atoms with Crippen LogP contribution in [0.15, 0.2) is 205 Å². The van der Waals surface area contributed by atoms with Crippen LogP contribution in [0, 0.1) is 55.4 Å². The summed E-state index contributed by atoms with van der Waals surface area (Å²) in [6.07, 6.45) is 8.05. The molecule has 0 N–H and O–H groups in total. The minimum absolute atomic E-state index is 1.11. The summed E-state index contributed by atoms with van der Waals surface area (Å²) in [5.74, 6) is 0. The average Bonchev–Trinajstić information content (AvgIpc) is 4.30. The lowest BCUT2D eigenvalue weighted by atomic mass is 9.92. The van der Waals surface area contributed by atoms with Crippen molar-refractivity contribution in [2.45, 2.75) is 88.5 Å². The first-order chi connectivity index (χ1) is 38.1. The van der Waals surface area contributed by atoms with Gasteiger partial charge in [0, 0.05) is 0 Å². The van der Waals surface area contributed by atoms with E-state index in [9.17, 15) is 0 Å². The third-order valence-corrected chi connectivity index (χ3v) is 16.4. The first-order valence-corrected chi connectivity index (χ1v) is 28.3. The van der Waals surface area contributed by atoms with E-state index in [0.717, 1.165) is 19.3 Å². The second-order valence-corrected chi connectivity index (χ2v) is 23.5. The van der Waals surface area contributed by atoms with Gasteiger partial charge in [-0.2, -0.15) is 0 Å². The lowest BCUT2D eigenvalue weighted by Gasteiger charge is -2.12. The molecule has 13 aromatic rings. The number of fused-ring (bicyclic) bond motifs is 10. The van der Waals surface area contributed by atoms with E-state index in [4.69, 9.17) is 0 Å². The van der Waals surface area contributed by atoms with Crippen LogP contribution in [0.2, 0.25) is 0 Å². The molecule has 0 spiro atoms. The zero-order valence-corrected chi connectivity index (χ0v) is 47.8. The number of rotatable bonds is 0. The SMILES string of the molecule is CC1=Cc2cc3c(cc2C1)C=C(C)C3.Cc1cc2ccc3cc(C)cc4ccc(c1)c2c34.Cc1ccc2c(c1)Cc1cc(C)ccc1-2.Cc1ccc2c(ccc3cc(C)ccc32)c1.Cc1ccc2cc3cc(C)ccc3cc2c1. The smallest absolute Gasteiger partial charge is 0.00133 e. The summed E-state index contributed by atoms with van der Waals surface area (Å²) in [5, 5.41) is 18.9. The fourth-order valence-electron chi connectivity index (χ4n) is 12.7. The first-order valence-electron chi connectivity index (χ1n) is 28.3. The molecule has 0 aromatic heterocycles. The van der Waals surface area contributed by atoms with Crippen LogP contribution < -0.4 is 0 Å². The molecule has 0 fully saturated rings. The monoisotopic (exact) mass is 1020 g/mol. The molecule has 0 aliphatic heterocycles. The Kier molecular flexibility index (Phi) is 13.6. The number of allylic oxidation sites excluding steroid dienone is 2. The minimum Gasteiger partial charge on any atom is -0.0683 e. The van der Waals surface area contributed by atoms with Gasteiger partial charge in [0.15, 0.2) is 0 Å². The van der Waals surface area contributed by atoms with Gasteiger partial charge in [0.05, 0.1) is 0 Å². The summed E-state index contributed by atoms with van der Waals surface area (Å²) < 4.78 is 0. The summed E-state index contributed by atoms with van der Waals surface area (Å²) in [6.45, 7) is 21.6. The molecule has 0 heterocycles. The topological polar surface area (TPSA) is 0 Å². The predicted octanol–water partition coefficient (Wildman–Crippen LogP) is 21.9. The van der Waals surface area contributed by atoms with Gasteiger partial charge in [-0.15, -0.1) is 0 Å². The summed E-state index contributed by atoms with van der Waals surface area (Å²) >= 11 is 0. The Morgan fingerprint density at radius 2 is 0.519 bits per heavy atom. The summed E-state index contributed by atoms with van der Waals surface area (Å²) in [7, 11) is 0. The molecule has 0 radical (unpaired) electrons. The van der Waals surface area contributed by atoms with Gasteiger partial charge in [0.2, 0.25) is 0 Å². The van der Waals surface area contributed by atoms with Gasteiger partial charge in [0.25, 0.3) is 0 Å². The zero-order chi connectivity index (χ0) is 54.6. The van der Waals surface area contributed by atoms with Gasteiger partial charge in [-0.05, 0) is 232 Å². The van der Waals surface area contributed by atoms with E-state index in [0.29, 0.717) is 0 Å². The maximum atomic E-state index is 2.37. The summed E-state index contributed by atoms with van der Waals surface area (Å²) in [6, 6.07) is 71.9. The molecule has 16 rings (SSSR count). The van der Waals surface area contributed by atoms with Crippen molar-refractivity contribution in [3.8, 4) is 11.1 Å². The predicted molar refractivity (Wildman–Crippen MR) is 347 cm³/mol. The van der Waals surface area contributed by atoms with Crippen molar-refractivity contribution in [1.29, 1.82) is 0 Å². The Morgan fingerprint density at radius 3 is 0.911 bits per heavy atom. The number of hydrogen-bond acceptors (Lipinski definition) is 0. The van der Waals surface area contributed by atoms with Gasteiger partial charge in [-0.25, -0.2) is 0 Å². The van der Waals surface area contributed by atoms with Gasteiger partial charge in [-0.1, -0.05) is 239 Å². The minimum atomic E-state index is 1.11. The standard InChI is InChI=1S/C18H14.2C16H14.C15H14.C14H14/c1-11-7-13-3-5-15-9-12(2)10-16-6-4-14(8-11)17(13)18(15)16;1-11-3-7-15-13(9-11)5-6-14-10-12(2)4-8-16(14)15;1-11-3-5-13-10-16-8-12(2)4-6-14(16)9-15(13)7-11;1-10-3-5-14-12(7-10)9-13-8-11(2)4-6-15(13)14;1-9-3-11-7-13-5-10(2)6-14(13)8-12(11)4-9/h3-10H,1-2H3;2*3-10H,1-2H3;3-8H,9H2,1-2H3;3,6-8H,4-5H2,1-2H3. The molecular formula is C79H70. The third kappa shape index (κ3) is 10.6. The van der Waals surface area contributed by atoms with Crippen molar-refractivity contribution in [1.82, 2.24) is 0 Å². The average molecular weight is 1020 g/mol. The lowest BCUT2D eigenvalue weighted by molar-refractivity contribution is 1.16. The molecule has 79 heavy (non-hydrogen) atoms. The highest BCUT2D eigenvalue weighted by Gasteiger charge is 2.19. The lowest BCUT2D eigenvalue weighted by Crippen LogP contribution is -1.88. The fraction of sp³-hybridized carbons (Fsp3) is 0.165. The highest BCUT2D eigenvalue weighted by molar-refractivity contribution is 6.23. The first kappa shape index (κ1) is 51.2. The van der Waals surface area contributed by atoms with Crippen LogP contribution in [0.25, 0.3) is 98.7 Å². The van der Waals surface area contributed by atoms with Crippen LogP contribution in [0.4, 0.5) is 0 Å². The van der Waals surface area contributed by atoms with Gasteiger partial charge in [-0.3, -0.25) is 0 Å². The molecule has 0 nitrogen and oxygen atoms in total. The van der Waals surface area contributed by atoms with Crippen LogP contribution in [0.3, 0.4) is 0 Å². The highest BCUT2D eigenvalue weighted by Crippen LogP contribution is 2.39. The second-order valence-electron chi connectivity index (χ2n) is 23.5. The zero-order valence-electron chi connectivity index (χ0n) is 47.8. The molecule has 3 aliphatic rings. The quantitative estimate of drug-likeness (QED) is 0.105. The van der Waals surface area contributed by atoms with Crippen molar-refractivity contribution >= 4 is 87.6 Å². The van der Waals surface area contributed by atoms with Crippen molar-refractivity contribution < 1.29 is 0 Å². The largest absolute Gasteiger partial charge is 0.0683 e. The molecule has 0 heteroatoms. The van der Waals surface area contributed by atoms with E-state index >= 15 is 0 Å². The normalized spacial score (nSPS) is 12.7. The van der Waals surface area contributed by atoms with Crippen molar-refractivity contribution in [2.24, 2.45) is 0 Å². The Bertz CT molecular complexity index is 4230. The maximum absolute atomic E-state index is 2.37. The van der Waals surface area contributed by atoms with E-state index in [1.54, 1.807) is 0 Å². The molecular weight excluding hydrogens is 949 g/mol. The molecule has 0 amide bonds. The molecule has 0 unspecified atom stereocenters. The van der Waals surface area contributed by atoms with Crippen LogP contribution in [0.1, 0.15) is 91.7 Å². The Balaban J connectivity index is 0.0000000988. The molecule has 0 bridgehead atoms. The maximum Gasteiger partial charge on any atom is -0.00133 e. The molecule has 386 valence electrons. The highest BCUT2D eigenvalue weighted by atomic mass is 14.2. The molecule has 0 saturated carbocycles. The van der Waals surface area contributed by atoms with Crippen LogP contribution >= 0.6 is 0 Å². The van der Waals surface area contributed by atoms with Crippen LogP contribution in [0.5, 0.6) is 0 Å². The van der Waals surface area contributed by atoms with E-state index in [-0.39, 0.29) is 0 Å². The number of benzene rings is 13. The van der Waals surface area contributed by atoms with Crippen molar-refractivity contribution in [2.75, 3.05) is 0 Å². The number of hydrogen-bond donors (Lipinski definition) is 0. The third-order valence-electron chi connectivity index (χ3n) is 16.4. The molecule has 3 aliphatic carbocycles. The van der Waals surface area contributed by atoms with Crippen molar-refractivity contribution in [3.05, 3.63) is 283 Å². The molecule has 13 aromatic carbocycles. The summed E-state index contributed by atoms with van der Waals surface area (Å²) in [4.78, 5) is 0. The molecule has 0 atom stereocenters. The Labute approximate surface area is 467 Å². The molecule has 0 saturated heterocycles. The second kappa shape index (κ2) is 21.0. The van der Waals surface area contributed by atoms with E-state index in [2.05, 4.69) is 276 Å². The van der Waals surface area contributed by atoms with Crippen LogP contribution in [-0.2, 0) is 19.3 Å². The van der Waals surface area contributed by atoms with E-state index < -0.39 is 0 Å². The summed E-state index contributed by atoms with van der Waals surface area (Å²) in [5.41, 5.74) is 25.4. The van der Waals surface area contributed by atoms with Gasteiger partial charge >= 0.3 is 0 Å². The van der Waals surface area contributed by atoms with Crippen molar-refractivity contribution in [3.63, 3.8) is 0 Å². The van der Waals surface area contributed by atoms with E-state index in [1.807, 2.05) is 0 Å². The number of aryl methyl sites for hydroxylation is 8. The Morgan fingerprint density at radius 1 is 0.215 bits per heavy atom. The fourth-order valence-corrected chi connectivity index (χ4v) is 12.7.